The van der Waals surface area contributed by atoms with Crippen molar-refractivity contribution in [1.82, 2.24) is 0 Å². The maximum absolute atomic E-state index is 7.26. The number of hydrogen-bond donors (Lipinski definition) is 0. The fourth-order valence-corrected chi connectivity index (χ4v) is 4.29. The van der Waals surface area contributed by atoms with Crippen LogP contribution < -0.4 is 4.74 Å². The summed E-state index contributed by atoms with van der Waals surface area (Å²) in [6.45, 7) is 27.9. The molecule has 2 rings (SSSR count). The lowest BCUT2D eigenvalue weighted by atomic mass is 9.74. The first-order valence-corrected chi connectivity index (χ1v) is 13.1. The molecule has 184 valence electrons. The van der Waals surface area contributed by atoms with Crippen molar-refractivity contribution in [2.75, 3.05) is 0 Å². The van der Waals surface area contributed by atoms with Crippen molar-refractivity contribution in [2.24, 2.45) is 0 Å². The Morgan fingerprint density at radius 3 is 0.848 bits per heavy atom. The number of rotatable bonds is 10. The van der Waals surface area contributed by atoms with Crippen LogP contribution in [0.1, 0.15) is 131 Å². The molecule has 0 unspecified atom stereocenters. The van der Waals surface area contributed by atoms with E-state index in [1.54, 1.807) is 0 Å². The van der Waals surface area contributed by atoms with Crippen molar-refractivity contribution in [2.45, 2.75) is 130 Å². The topological polar surface area (TPSA) is 9.23 Å². The quantitative estimate of drug-likeness (QED) is 0.350. The summed E-state index contributed by atoms with van der Waals surface area (Å²) in [5.74, 6) is 2.15. The zero-order valence-electron chi connectivity index (χ0n) is 23.7. The monoisotopic (exact) mass is 450 g/mol. The Kier molecular flexibility index (Phi) is 8.20. The van der Waals surface area contributed by atoms with Crippen molar-refractivity contribution in [3.63, 3.8) is 0 Å². The summed E-state index contributed by atoms with van der Waals surface area (Å²) < 4.78 is 7.26. The molecule has 1 heteroatoms. The van der Waals surface area contributed by atoms with E-state index in [1.807, 2.05) is 0 Å². The summed E-state index contributed by atoms with van der Waals surface area (Å²) in [7, 11) is 0. The van der Waals surface area contributed by atoms with Gasteiger partial charge in [-0.25, -0.2) is 0 Å². The molecule has 0 N–H and O–H groups in total. The van der Waals surface area contributed by atoms with Crippen molar-refractivity contribution < 1.29 is 4.74 Å². The number of ether oxygens (including phenoxy) is 1. The Labute approximate surface area is 205 Å². The number of para-hydroxylation sites is 2. The smallest absolute Gasteiger partial charge is 0.134 e. The van der Waals surface area contributed by atoms with E-state index in [1.165, 1.54) is 22.3 Å². The molecule has 0 amide bonds. The summed E-state index contributed by atoms with van der Waals surface area (Å²) in [6, 6.07) is 13.6. The molecule has 33 heavy (non-hydrogen) atoms. The highest BCUT2D eigenvalue weighted by molar-refractivity contribution is 5.55. The highest BCUT2D eigenvalue weighted by atomic mass is 16.5. The van der Waals surface area contributed by atoms with Crippen LogP contribution in [0.15, 0.2) is 36.4 Å². The highest BCUT2D eigenvalue weighted by Crippen LogP contribution is 2.49. The molecule has 0 heterocycles. The van der Waals surface area contributed by atoms with Gasteiger partial charge in [-0.15, -0.1) is 0 Å². The molecule has 0 aliphatic rings. The van der Waals surface area contributed by atoms with Gasteiger partial charge in [0.25, 0.3) is 0 Å². The van der Waals surface area contributed by atoms with Crippen LogP contribution in [-0.4, -0.2) is 0 Å². The van der Waals surface area contributed by atoms with Crippen LogP contribution in [0, 0.1) is 0 Å². The van der Waals surface area contributed by atoms with Crippen LogP contribution in [0.5, 0.6) is 11.5 Å². The van der Waals surface area contributed by atoms with Crippen molar-refractivity contribution in [3.8, 4) is 11.5 Å². The lowest BCUT2D eigenvalue weighted by Gasteiger charge is -2.36. The van der Waals surface area contributed by atoms with E-state index < -0.39 is 0 Å². The first-order valence-electron chi connectivity index (χ1n) is 13.1. The Hall–Kier alpha value is -1.76. The second kappa shape index (κ2) is 9.85. The predicted molar refractivity (Wildman–Crippen MR) is 146 cm³/mol. The first-order chi connectivity index (χ1) is 15.2. The van der Waals surface area contributed by atoms with Crippen LogP contribution in [0.4, 0.5) is 0 Å². The average Bonchev–Trinajstić information content (AvgIpc) is 2.78. The third-order valence-corrected chi connectivity index (χ3v) is 8.69. The van der Waals surface area contributed by atoms with E-state index in [-0.39, 0.29) is 21.7 Å². The van der Waals surface area contributed by atoms with Crippen LogP contribution in [0.2, 0.25) is 0 Å². The van der Waals surface area contributed by atoms with Gasteiger partial charge < -0.3 is 4.74 Å². The third-order valence-electron chi connectivity index (χ3n) is 8.69. The van der Waals surface area contributed by atoms with Crippen molar-refractivity contribution in [3.05, 3.63) is 58.7 Å². The molecule has 0 bridgehead atoms. The number of benzene rings is 2. The minimum atomic E-state index is 0.0326. The molecule has 0 radical (unpaired) electrons. The van der Waals surface area contributed by atoms with E-state index in [2.05, 4.69) is 119 Å². The van der Waals surface area contributed by atoms with E-state index in [0.29, 0.717) is 0 Å². The molecule has 0 fully saturated rings. The van der Waals surface area contributed by atoms with Gasteiger partial charge in [0.1, 0.15) is 11.5 Å². The molecule has 2 aromatic carbocycles. The van der Waals surface area contributed by atoms with Gasteiger partial charge in [-0.05, 0) is 47.3 Å². The summed E-state index contributed by atoms with van der Waals surface area (Å²) in [6.07, 6.45) is 4.26. The first kappa shape index (κ1) is 27.5. The lowest BCUT2D eigenvalue weighted by Crippen LogP contribution is -2.25. The maximum Gasteiger partial charge on any atom is 0.134 e. The molecule has 0 atom stereocenters. The zero-order valence-corrected chi connectivity index (χ0v) is 23.7. The molecule has 0 saturated heterocycles. The highest BCUT2D eigenvalue weighted by Gasteiger charge is 2.34. The molecule has 0 aliphatic carbocycles. The van der Waals surface area contributed by atoms with Gasteiger partial charge in [0.15, 0.2) is 0 Å². The van der Waals surface area contributed by atoms with E-state index >= 15 is 0 Å². The second-order valence-electron chi connectivity index (χ2n) is 12.4. The molecule has 0 spiro atoms. The maximum atomic E-state index is 7.26. The van der Waals surface area contributed by atoms with Gasteiger partial charge in [0.05, 0.1) is 0 Å². The predicted octanol–water partition coefficient (Wildman–Crippen LogP) is 10.2. The van der Waals surface area contributed by atoms with Crippen molar-refractivity contribution in [1.29, 1.82) is 0 Å². The molecule has 2 aromatic rings. The Bertz CT molecular complexity index is 797. The van der Waals surface area contributed by atoms with Gasteiger partial charge in [-0.1, -0.05) is 119 Å². The summed E-state index contributed by atoms with van der Waals surface area (Å²) in [5.41, 5.74) is 5.38. The van der Waals surface area contributed by atoms with Crippen molar-refractivity contribution >= 4 is 0 Å². The minimum absolute atomic E-state index is 0.0326. The Morgan fingerprint density at radius 2 is 0.667 bits per heavy atom. The van der Waals surface area contributed by atoms with Crippen LogP contribution in [-0.2, 0) is 21.7 Å². The summed E-state index contributed by atoms with van der Waals surface area (Å²) >= 11 is 0. The zero-order chi connectivity index (χ0) is 25.2. The lowest BCUT2D eigenvalue weighted by molar-refractivity contribution is 0.378. The SMILES string of the molecule is CCC(C)(C)c1cccc(C(C)(C)CC)c1Oc1c(C(C)(C)CC)cccc1C(C)(C)CC. The van der Waals surface area contributed by atoms with Gasteiger partial charge in [0, 0.05) is 22.3 Å². The van der Waals surface area contributed by atoms with Crippen LogP contribution in [0.3, 0.4) is 0 Å². The summed E-state index contributed by atoms with van der Waals surface area (Å²) in [5, 5.41) is 0. The van der Waals surface area contributed by atoms with Gasteiger partial charge in [-0.2, -0.15) is 0 Å². The molecular weight excluding hydrogens is 400 g/mol. The Balaban J connectivity index is 2.95. The fourth-order valence-electron chi connectivity index (χ4n) is 4.29. The third kappa shape index (κ3) is 5.50. The van der Waals surface area contributed by atoms with Crippen LogP contribution in [0.25, 0.3) is 0 Å². The Morgan fingerprint density at radius 1 is 0.455 bits per heavy atom. The molecule has 1 nitrogen and oxygen atoms in total. The second-order valence-corrected chi connectivity index (χ2v) is 12.4. The summed E-state index contributed by atoms with van der Waals surface area (Å²) in [4.78, 5) is 0. The molecule has 0 aromatic heterocycles. The molecular formula is C32H50O. The van der Waals surface area contributed by atoms with Gasteiger partial charge in [-0.3, -0.25) is 0 Å². The number of hydrogen-bond acceptors (Lipinski definition) is 1. The van der Waals surface area contributed by atoms with Crippen LogP contribution >= 0.6 is 0 Å². The largest absolute Gasteiger partial charge is 0.456 e. The van der Waals surface area contributed by atoms with Gasteiger partial charge >= 0.3 is 0 Å². The van der Waals surface area contributed by atoms with Gasteiger partial charge in [0.2, 0.25) is 0 Å². The molecule has 0 saturated carbocycles. The van der Waals surface area contributed by atoms with E-state index in [9.17, 15) is 0 Å². The fraction of sp³-hybridized carbons (Fsp3) is 0.625. The normalized spacial score (nSPS) is 13.3. The minimum Gasteiger partial charge on any atom is -0.456 e. The van der Waals surface area contributed by atoms with E-state index in [4.69, 9.17) is 4.74 Å². The standard InChI is InChI=1S/C32H50O/c1-13-29(5,6)23-19-17-20-24(30(7,8)14-2)27(23)33-28-25(31(9,10)15-3)21-18-22-26(28)32(11,12)16-4/h17-22H,13-16H2,1-12H3. The molecule has 0 aliphatic heterocycles. The van der Waals surface area contributed by atoms with E-state index in [0.717, 1.165) is 37.2 Å². The average molecular weight is 451 g/mol.